The Balaban J connectivity index is 0.00000128. The van der Waals surface area contributed by atoms with Crippen molar-refractivity contribution in [3.63, 3.8) is 0 Å². The number of nitrogen functional groups attached to an aromatic ring is 1. The van der Waals surface area contributed by atoms with Gasteiger partial charge in [0.1, 0.15) is 6.10 Å². The fraction of sp³-hybridized carbons (Fsp3) is 0.417. The Kier molecular flexibility index (Phi) is 4.62. The Morgan fingerprint density at radius 3 is 2.50 bits per heavy atom. The molecule has 1 saturated carbocycles. The van der Waals surface area contributed by atoms with Crippen molar-refractivity contribution in [2.45, 2.75) is 31.8 Å². The Labute approximate surface area is 101 Å². The van der Waals surface area contributed by atoms with E-state index in [1.54, 1.807) is 18.2 Å². The molecule has 3 nitrogen and oxygen atoms in total. The van der Waals surface area contributed by atoms with Crippen molar-refractivity contribution in [1.82, 2.24) is 0 Å². The van der Waals surface area contributed by atoms with E-state index >= 15 is 0 Å². The number of halogens is 1. The van der Waals surface area contributed by atoms with Crippen LogP contribution in [0, 0.1) is 0 Å². The van der Waals surface area contributed by atoms with Gasteiger partial charge in [-0.3, -0.25) is 0 Å². The van der Waals surface area contributed by atoms with Gasteiger partial charge in [0.25, 0.3) is 0 Å². The van der Waals surface area contributed by atoms with Crippen LogP contribution >= 0.6 is 12.4 Å². The summed E-state index contributed by atoms with van der Waals surface area (Å²) in [6, 6.07) is 7.02. The lowest BCUT2D eigenvalue weighted by Gasteiger charge is -2.12. The lowest BCUT2D eigenvalue weighted by Crippen LogP contribution is -2.15. The Morgan fingerprint density at radius 2 is 1.88 bits per heavy atom. The van der Waals surface area contributed by atoms with Gasteiger partial charge in [-0.15, -0.1) is 12.4 Å². The average Bonchev–Trinajstić information content (AvgIpc) is 2.71. The van der Waals surface area contributed by atoms with Gasteiger partial charge in [-0.05, 0) is 37.8 Å². The van der Waals surface area contributed by atoms with Crippen LogP contribution in [0.4, 0.5) is 5.69 Å². The highest BCUT2D eigenvalue weighted by Gasteiger charge is 2.20. The average molecular weight is 242 g/mol. The zero-order valence-electron chi connectivity index (χ0n) is 9.02. The van der Waals surface area contributed by atoms with Crippen molar-refractivity contribution in [3.05, 3.63) is 29.8 Å². The molecule has 2 rings (SSSR count). The molecule has 0 spiro atoms. The number of carbonyl (C=O) groups is 1. The number of esters is 1. The summed E-state index contributed by atoms with van der Waals surface area (Å²) in [6.45, 7) is 0. The first-order valence-corrected chi connectivity index (χ1v) is 5.33. The summed E-state index contributed by atoms with van der Waals surface area (Å²) in [5, 5.41) is 0. The minimum absolute atomic E-state index is 0. The van der Waals surface area contributed by atoms with Gasteiger partial charge in [-0.2, -0.15) is 0 Å². The Bertz CT molecular complexity index is 362. The van der Waals surface area contributed by atoms with Crippen LogP contribution in [0.15, 0.2) is 24.3 Å². The van der Waals surface area contributed by atoms with Gasteiger partial charge in [0.05, 0.1) is 5.56 Å². The largest absolute Gasteiger partial charge is 0.459 e. The quantitative estimate of drug-likeness (QED) is 0.640. The smallest absolute Gasteiger partial charge is 0.340 e. The molecule has 0 bridgehead atoms. The van der Waals surface area contributed by atoms with Crippen molar-refractivity contribution >= 4 is 24.1 Å². The standard InChI is InChI=1S/C12H15NO2.ClH/c13-11-8-4-3-7-10(11)12(14)15-9-5-1-2-6-9;/h3-4,7-9H,1-2,5-6,13H2;1H. The number of carbonyl (C=O) groups excluding carboxylic acids is 1. The minimum Gasteiger partial charge on any atom is -0.459 e. The fourth-order valence-electron chi connectivity index (χ4n) is 1.90. The van der Waals surface area contributed by atoms with E-state index in [2.05, 4.69) is 0 Å². The van der Waals surface area contributed by atoms with Crippen LogP contribution < -0.4 is 5.73 Å². The fourth-order valence-corrected chi connectivity index (χ4v) is 1.90. The molecule has 4 heteroatoms. The van der Waals surface area contributed by atoms with E-state index in [1.165, 1.54) is 0 Å². The molecule has 0 atom stereocenters. The van der Waals surface area contributed by atoms with Gasteiger partial charge >= 0.3 is 5.97 Å². The second kappa shape index (κ2) is 5.75. The third kappa shape index (κ3) is 2.89. The summed E-state index contributed by atoms with van der Waals surface area (Å²) in [6.07, 6.45) is 4.37. The molecule has 88 valence electrons. The summed E-state index contributed by atoms with van der Waals surface area (Å²) in [5.74, 6) is -0.292. The lowest BCUT2D eigenvalue weighted by atomic mass is 10.2. The van der Waals surface area contributed by atoms with Gasteiger partial charge < -0.3 is 10.5 Å². The second-order valence-electron chi connectivity index (χ2n) is 3.90. The first-order valence-electron chi connectivity index (χ1n) is 5.33. The maximum Gasteiger partial charge on any atom is 0.340 e. The van der Waals surface area contributed by atoms with Crippen molar-refractivity contribution < 1.29 is 9.53 Å². The highest BCUT2D eigenvalue weighted by molar-refractivity contribution is 5.95. The third-order valence-corrected chi connectivity index (χ3v) is 2.76. The summed E-state index contributed by atoms with van der Waals surface area (Å²) in [5.41, 5.74) is 6.66. The van der Waals surface area contributed by atoms with E-state index in [1.807, 2.05) is 6.07 Å². The van der Waals surface area contributed by atoms with E-state index in [9.17, 15) is 4.79 Å². The van der Waals surface area contributed by atoms with Gasteiger partial charge in [0, 0.05) is 5.69 Å². The molecule has 1 aliphatic carbocycles. The molecule has 0 unspecified atom stereocenters. The van der Waals surface area contributed by atoms with E-state index in [0.29, 0.717) is 11.3 Å². The predicted molar refractivity (Wildman–Crippen MR) is 65.8 cm³/mol. The number of hydrogen-bond acceptors (Lipinski definition) is 3. The van der Waals surface area contributed by atoms with Crippen molar-refractivity contribution in [2.24, 2.45) is 0 Å². The van der Waals surface area contributed by atoms with Crippen molar-refractivity contribution in [1.29, 1.82) is 0 Å². The molecule has 16 heavy (non-hydrogen) atoms. The highest BCUT2D eigenvalue weighted by Crippen LogP contribution is 2.23. The molecule has 1 fully saturated rings. The molecule has 0 amide bonds. The van der Waals surface area contributed by atoms with Crippen LogP contribution in [0.2, 0.25) is 0 Å². The van der Waals surface area contributed by atoms with Gasteiger partial charge in [0.15, 0.2) is 0 Å². The van der Waals surface area contributed by atoms with E-state index in [4.69, 9.17) is 10.5 Å². The number of ether oxygens (including phenoxy) is 1. The number of nitrogens with two attached hydrogens (primary N) is 1. The monoisotopic (exact) mass is 241 g/mol. The Hall–Kier alpha value is -1.22. The van der Waals surface area contributed by atoms with Crippen LogP contribution in [-0.2, 0) is 4.74 Å². The zero-order chi connectivity index (χ0) is 10.7. The van der Waals surface area contributed by atoms with Crippen LogP contribution in [-0.4, -0.2) is 12.1 Å². The minimum atomic E-state index is -0.292. The van der Waals surface area contributed by atoms with Crippen LogP contribution in [0.1, 0.15) is 36.0 Å². The first kappa shape index (κ1) is 12.8. The number of hydrogen-bond donors (Lipinski definition) is 1. The Morgan fingerprint density at radius 1 is 1.25 bits per heavy atom. The topological polar surface area (TPSA) is 52.3 Å². The molecule has 0 heterocycles. The molecule has 1 aromatic carbocycles. The second-order valence-corrected chi connectivity index (χ2v) is 3.90. The van der Waals surface area contributed by atoms with Gasteiger partial charge in [-0.1, -0.05) is 12.1 Å². The normalized spacial score (nSPS) is 15.5. The summed E-state index contributed by atoms with van der Waals surface area (Å²) in [4.78, 5) is 11.7. The first-order chi connectivity index (χ1) is 7.27. The highest BCUT2D eigenvalue weighted by atomic mass is 35.5. The number of anilines is 1. The molecular formula is C12H16ClNO2. The summed E-state index contributed by atoms with van der Waals surface area (Å²) >= 11 is 0. The summed E-state index contributed by atoms with van der Waals surface area (Å²) < 4.78 is 5.36. The van der Waals surface area contributed by atoms with Crippen LogP contribution in [0.3, 0.4) is 0 Å². The number of rotatable bonds is 2. The summed E-state index contributed by atoms with van der Waals surface area (Å²) in [7, 11) is 0. The lowest BCUT2D eigenvalue weighted by molar-refractivity contribution is 0.0319. The zero-order valence-corrected chi connectivity index (χ0v) is 9.83. The van der Waals surface area contributed by atoms with Crippen molar-refractivity contribution in [2.75, 3.05) is 5.73 Å². The molecule has 2 N–H and O–H groups in total. The van der Waals surface area contributed by atoms with E-state index in [0.717, 1.165) is 25.7 Å². The molecule has 1 aliphatic rings. The van der Waals surface area contributed by atoms with E-state index < -0.39 is 0 Å². The molecular weight excluding hydrogens is 226 g/mol. The molecule has 0 aliphatic heterocycles. The maximum absolute atomic E-state index is 11.7. The number of benzene rings is 1. The number of para-hydroxylation sites is 1. The van der Waals surface area contributed by atoms with Gasteiger partial charge in [0.2, 0.25) is 0 Å². The van der Waals surface area contributed by atoms with Crippen LogP contribution in [0.25, 0.3) is 0 Å². The third-order valence-electron chi connectivity index (χ3n) is 2.76. The molecule has 0 radical (unpaired) electrons. The molecule has 0 aromatic heterocycles. The van der Waals surface area contributed by atoms with Crippen molar-refractivity contribution in [3.8, 4) is 0 Å². The maximum atomic E-state index is 11.7. The SMILES string of the molecule is Cl.Nc1ccccc1C(=O)OC1CCCC1. The molecule has 1 aromatic rings. The predicted octanol–water partition coefficient (Wildman–Crippen LogP) is 2.79. The van der Waals surface area contributed by atoms with Gasteiger partial charge in [-0.25, -0.2) is 4.79 Å². The molecule has 0 saturated heterocycles. The van der Waals surface area contributed by atoms with E-state index in [-0.39, 0.29) is 24.5 Å². The van der Waals surface area contributed by atoms with Crippen LogP contribution in [0.5, 0.6) is 0 Å².